The van der Waals surface area contributed by atoms with Crippen LogP contribution in [-0.2, 0) is 0 Å². The Morgan fingerprint density at radius 2 is 2.08 bits per heavy atom. The maximum absolute atomic E-state index is 2.62. The number of nitrogens with zero attached hydrogens (tertiary/aromatic N) is 1. The minimum absolute atomic E-state index is 0.809. The average Bonchev–Trinajstić information content (AvgIpc) is 2.04. The number of hydrogen-bond donors (Lipinski definition) is 0. The second-order valence-electron chi connectivity index (χ2n) is 4.42. The van der Waals surface area contributed by atoms with E-state index in [4.69, 9.17) is 0 Å². The third-order valence-corrected chi connectivity index (χ3v) is 3.44. The van der Waals surface area contributed by atoms with Gasteiger partial charge in [-0.15, -0.1) is 0 Å². The average molecular weight is 169 g/mol. The van der Waals surface area contributed by atoms with Gasteiger partial charge in [0.25, 0.3) is 0 Å². The van der Waals surface area contributed by atoms with Gasteiger partial charge in [-0.2, -0.15) is 0 Å². The van der Waals surface area contributed by atoms with Crippen LogP contribution in [0.5, 0.6) is 0 Å². The van der Waals surface area contributed by atoms with Crippen molar-refractivity contribution in [1.82, 2.24) is 4.90 Å². The summed E-state index contributed by atoms with van der Waals surface area (Å²) >= 11 is 0. The Kier molecular flexibility index (Phi) is 3.57. The van der Waals surface area contributed by atoms with Crippen LogP contribution in [0.2, 0.25) is 0 Å². The van der Waals surface area contributed by atoms with E-state index in [0.717, 1.165) is 17.9 Å². The third-order valence-electron chi connectivity index (χ3n) is 3.44. The van der Waals surface area contributed by atoms with E-state index in [9.17, 15) is 0 Å². The highest BCUT2D eigenvalue weighted by atomic mass is 15.2. The van der Waals surface area contributed by atoms with E-state index in [1.807, 2.05) is 0 Å². The molecule has 1 heteroatoms. The number of rotatable bonds is 2. The van der Waals surface area contributed by atoms with Gasteiger partial charge in [0.1, 0.15) is 0 Å². The first kappa shape index (κ1) is 10.0. The van der Waals surface area contributed by atoms with E-state index in [2.05, 4.69) is 32.6 Å². The zero-order valence-corrected chi connectivity index (χ0v) is 9.01. The summed E-state index contributed by atoms with van der Waals surface area (Å²) in [5, 5.41) is 0. The smallest absolute Gasteiger partial charge is 0.00975 e. The molecule has 0 saturated carbocycles. The largest absolute Gasteiger partial charge is 0.301 e. The topological polar surface area (TPSA) is 3.24 Å². The minimum atomic E-state index is 0.809. The summed E-state index contributed by atoms with van der Waals surface area (Å²) in [6, 6.07) is 0.809. The normalized spacial score (nSPS) is 32.8. The summed E-state index contributed by atoms with van der Waals surface area (Å²) in [5.74, 6) is 1.79. The molecule has 0 aromatic heterocycles. The van der Waals surface area contributed by atoms with E-state index < -0.39 is 0 Å². The highest BCUT2D eigenvalue weighted by molar-refractivity contribution is 4.81. The Bertz CT molecular complexity index is 131. The number of likely N-dealkylation sites (tertiary alicyclic amines) is 1. The molecule has 0 N–H and O–H groups in total. The van der Waals surface area contributed by atoms with E-state index in [1.165, 1.54) is 25.9 Å². The van der Waals surface area contributed by atoms with Gasteiger partial charge in [0.2, 0.25) is 0 Å². The first-order valence-electron chi connectivity index (χ1n) is 5.40. The molecule has 0 radical (unpaired) electrons. The van der Waals surface area contributed by atoms with Gasteiger partial charge in [0.05, 0.1) is 0 Å². The summed E-state index contributed by atoms with van der Waals surface area (Å²) in [5.41, 5.74) is 0. The van der Waals surface area contributed by atoms with Gasteiger partial charge >= 0.3 is 0 Å². The Morgan fingerprint density at radius 3 is 2.58 bits per heavy atom. The molecule has 1 unspecified atom stereocenters. The van der Waals surface area contributed by atoms with Crippen LogP contribution in [0.25, 0.3) is 0 Å². The van der Waals surface area contributed by atoms with Crippen molar-refractivity contribution in [2.24, 2.45) is 11.8 Å². The van der Waals surface area contributed by atoms with Gasteiger partial charge in [0, 0.05) is 6.04 Å². The first-order chi connectivity index (χ1) is 5.66. The fourth-order valence-corrected chi connectivity index (χ4v) is 2.58. The SMILES string of the molecule is CCN1CCC[C@@H](C(C)C)C1C. The van der Waals surface area contributed by atoms with Crippen molar-refractivity contribution >= 4 is 0 Å². The molecular weight excluding hydrogens is 146 g/mol. The predicted molar refractivity (Wildman–Crippen MR) is 54.3 cm³/mol. The van der Waals surface area contributed by atoms with Gasteiger partial charge in [-0.05, 0) is 44.7 Å². The van der Waals surface area contributed by atoms with Crippen LogP contribution in [0, 0.1) is 11.8 Å². The van der Waals surface area contributed by atoms with Crippen molar-refractivity contribution in [1.29, 1.82) is 0 Å². The Hall–Kier alpha value is -0.0400. The Morgan fingerprint density at radius 1 is 1.42 bits per heavy atom. The second-order valence-corrected chi connectivity index (χ2v) is 4.42. The fourth-order valence-electron chi connectivity index (χ4n) is 2.58. The summed E-state index contributed by atoms with van der Waals surface area (Å²) in [7, 11) is 0. The molecule has 0 aliphatic carbocycles. The van der Waals surface area contributed by atoms with Crippen molar-refractivity contribution < 1.29 is 0 Å². The van der Waals surface area contributed by atoms with Crippen LogP contribution in [0.1, 0.15) is 40.5 Å². The van der Waals surface area contributed by atoms with Gasteiger partial charge in [-0.25, -0.2) is 0 Å². The lowest BCUT2D eigenvalue weighted by atomic mass is 9.82. The molecule has 1 aliphatic rings. The molecule has 1 fully saturated rings. The van der Waals surface area contributed by atoms with Crippen LogP contribution < -0.4 is 0 Å². The first-order valence-corrected chi connectivity index (χ1v) is 5.40. The molecule has 0 amide bonds. The zero-order chi connectivity index (χ0) is 9.14. The maximum atomic E-state index is 2.62. The molecule has 12 heavy (non-hydrogen) atoms. The molecule has 1 aliphatic heterocycles. The zero-order valence-electron chi connectivity index (χ0n) is 9.01. The van der Waals surface area contributed by atoms with Crippen molar-refractivity contribution in [2.75, 3.05) is 13.1 Å². The Labute approximate surface area is 77.1 Å². The molecular formula is C11H23N. The van der Waals surface area contributed by atoms with E-state index in [0.29, 0.717) is 0 Å². The molecule has 1 nitrogen and oxygen atoms in total. The molecule has 0 bridgehead atoms. The number of hydrogen-bond acceptors (Lipinski definition) is 1. The third kappa shape index (κ3) is 2.01. The van der Waals surface area contributed by atoms with Crippen molar-refractivity contribution in [2.45, 2.75) is 46.6 Å². The van der Waals surface area contributed by atoms with E-state index >= 15 is 0 Å². The monoisotopic (exact) mass is 169 g/mol. The van der Waals surface area contributed by atoms with Gasteiger partial charge < -0.3 is 4.90 Å². The van der Waals surface area contributed by atoms with Crippen LogP contribution in [0.4, 0.5) is 0 Å². The van der Waals surface area contributed by atoms with Crippen molar-refractivity contribution in [3.05, 3.63) is 0 Å². The molecule has 0 spiro atoms. The highest BCUT2D eigenvalue weighted by Crippen LogP contribution is 2.28. The second kappa shape index (κ2) is 4.27. The van der Waals surface area contributed by atoms with Crippen molar-refractivity contribution in [3.63, 3.8) is 0 Å². The van der Waals surface area contributed by atoms with Gasteiger partial charge in [-0.1, -0.05) is 20.8 Å². The molecule has 2 atom stereocenters. The maximum Gasteiger partial charge on any atom is 0.00975 e. The minimum Gasteiger partial charge on any atom is -0.301 e. The lowest BCUT2D eigenvalue weighted by molar-refractivity contribution is 0.0847. The van der Waals surface area contributed by atoms with Crippen LogP contribution in [-0.4, -0.2) is 24.0 Å². The molecule has 72 valence electrons. The number of piperidine rings is 1. The summed E-state index contributed by atoms with van der Waals surface area (Å²) in [4.78, 5) is 2.62. The lowest BCUT2D eigenvalue weighted by Gasteiger charge is -2.40. The summed E-state index contributed by atoms with van der Waals surface area (Å²) < 4.78 is 0. The standard InChI is InChI=1S/C11H23N/c1-5-12-8-6-7-11(9(2)3)10(12)4/h9-11H,5-8H2,1-4H3/t10?,11-/m0/s1. The molecule has 1 saturated heterocycles. The van der Waals surface area contributed by atoms with Crippen LogP contribution in [0.15, 0.2) is 0 Å². The fraction of sp³-hybridized carbons (Fsp3) is 1.00. The van der Waals surface area contributed by atoms with E-state index in [-0.39, 0.29) is 0 Å². The van der Waals surface area contributed by atoms with Crippen molar-refractivity contribution in [3.8, 4) is 0 Å². The molecule has 0 aromatic rings. The summed E-state index contributed by atoms with van der Waals surface area (Å²) in [6.45, 7) is 11.9. The molecule has 0 aromatic carbocycles. The van der Waals surface area contributed by atoms with Crippen LogP contribution >= 0.6 is 0 Å². The lowest BCUT2D eigenvalue weighted by Crippen LogP contribution is -2.44. The molecule has 1 rings (SSSR count). The predicted octanol–water partition coefficient (Wildman–Crippen LogP) is 2.76. The quantitative estimate of drug-likeness (QED) is 0.614. The Balaban J connectivity index is 2.53. The summed E-state index contributed by atoms with van der Waals surface area (Å²) in [6.07, 6.45) is 2.84. The van der Waals surface area contributed by atoms with E-state index in [1.54, 1.807) is 0 Å². The molecule has 1 heterocycles. The highest BCUT2D eigenvalue weighted by Gasteiger charge is 2.28. The van der Waals surface area contributed by atoms with Crippen LogP contribution in [0.3, 0.4) is 0 Å². The van der Waals surface area contributed by atoms with Gasteiger partial charge in [-0.3, -0.25) is 0 Å². The van der Waals surface area contributed by atoms with Gasteiger partial charge in [0.15, 0.2) is 0 Å².